The molecule has 0 N–H and O–H groups in total. The summed E-state index contributed by atoms with van der Waals surface area (Å²) in [5, 5.41) is 0. The third-order valence-electron chi connectivity index (χ3n) is 1.70. The van der Waals surface area contributed by atoms with E-state index in [0.29, 0.717) is 0 Å². The Morgan fingerprint density at radius 3 is 2.09 bits per heavy atom. The second-order valence-electron chi connectivity index (χ2n) is 2.53. The summed E-state index contributed by atoms with van der Waals surface area (Å²) in [6, 6.07) is 10.0. The van der Waals surface area contributed by atoms with Crippen LogP contribution in [-0.4, -0.2) is 4.84 Å². The summed E-state index contributed by atoms with van der Waals surface area (Å²) in [5.41, 5.74) is 1.18. The van der Waals surface area contributed by atoms with Crippen molar-refractivity contribution in [3.8, 4) is 0 Å². The van der Waals surface area contributed by atoms with Crippen LogP contribution in [0.1, 0.15) is 18.4 Å². The molecule has 0 aliphatic heterocycles. The Kier molecular flexibility index (Phi) is 3.22. The van der Waals surface area contributed by atoms with Crippen LogP contribution >= 0.6 is 23.2 Å². The van der Waals surface area contributed by atoms with E-state index in [1.165, 1.54) is 5.56 Å². The average molecular weight is 189 g/mol. The standard InChI is InChI=1S/C9H10Cl2/c1-7(9(10)11)8-5-3-2-4-6-8/h2-7,9H,1H3/t7-/m0/s1. The maximum atomic E-state index is 5.73. The topological polar surface area (TPSA) is 0 Å². The molecule has 0 aromatic heterocycles. The molecule has 1 atom stereocenters. The van der Waals surface area contributed by atoms with Crippen molar-refractivity contribution in [2.24, 2.45) is 0 Å². The molecule has 1 aromatic carbocycles. The summed E-state index contributed by atoms with van der Waals surface area (Å²) < 4.78 is 0. The predicted molar refractivity (Wildman–Crippen MR) is 50.4 cm³/mol. The summed E-state index contributed by atoms with van der Waals surface area (Å²) in [6.07, 6.45) is 0. The van der Waals surface area contributed by atoms with Gasteiger partial charge in [0.25, 0.3) is 0 Å². The average Bonchev–Trinajstić information content (AvgIpc) is 2.05. The highest BCUT2D eigenvalue weighted by Crippen LogP contribution is 2.25. The first-order chi connectivity index (χ1) is 5.22. The maximum Gasteiger partial charge on any atom is 0.114 e. The van der Waals surface area contributed by atoms with E-state index >= 15 is 0 Å². The molecule has 0 unspecified atom stereocenters. The quantitative estimate of drug-likeness (QED) is 0.623. The molecule has 0 fully saturated rings. The summed E-state index contributed by atoms with van der Waals surface area (Å²) in [7, 11) is 0. The Morgan fingerprint density at radius 2 is 1.64 bits per heavy atom. The van der Waals surface area contributed by atoms with Crippen molar-refractivity contribution in [3.63, 3.8) is 0 Å². The van der Waals surface area contributed by atoms with Gasteiger partial charge in [0, 0.05) is 5.92 Å². The predicted octanol–water partition coefficient (Wildman–Crippen LogP) is 3.59. The zero-order valence-electron chi connectivity index (χ0n) is 6.30. The largest absolute Gasteiger partial charge is 0.114 e. The van der Waals surface area contributed by atoms with Crippen molar-refractivity contribution in [2.45, 2.75) is 17.7 Å². The molecular weight excluding hydrogens is 179 g/mol. The van der Waals surface area contributed by atoms with Crippen LogP contribution in [0.2, 0.25) is 0 Å². The minimum Gasteiger partial charge on any atom is -0.105 e. The van der Waals surface area contributed by atoms with Crippen LogP contribution in [0.15, 0.2) is 30.3 Å². The van der Waals surface area contributed by atoms with Crippen LogP contribution in [0.25, 0.3) is 0 Å². The van der Waals surface area contributed by atoms with Crippen molar-refractivity contribution in [1.29, 1.82) is 0 Å². The highest BCUT2D eigenvalue weighted by molar-refractivity contribution is 6.44. The van der Waals surface area contributed by atoms with Crippen molar-refractivity contribution in [2.75, 3.05) is 0 Å². The van der Waals surface area contributed by atoms with Gasteiger partial charge < -0.3 is 0 Å². The molecule has 2 heteroatoms. The van der Waals surface area contributed by atoms with Gasteiger partial charge in [-0.25, -0.2) is 0 Å². The minimum atomic E-state index is -0.322. The molecule has 0 nitrogen and oxygen atoms in total. The van der Waals surface area contributed by atoms with Gasteiger partial charge in [-0.1, -0.05) is 37.3 Å². The van der Waals surface area contributed by atoms with E-state index in [4.69, 9.17) is 23.2 Å². The number of hydrogen-bond donors (Lipinski definition) is 0. The van der Waals surface area contributed by atoms with E-state index in [2.05, 4.69) is 0 Å². The third kappa shape index (κ3) is 2.39. The fourth-order valence-electron chi connectivity index (χ4n) is 0.902. The SMILES string of the molecule is C[C@@H](c1ccccc1)C(Cl)Cl. The van der Waals surface area contributed by atoms with E-state index in [9.17, 15) is 0 Å². The van der Waals surface area contributed by atoms with E-state index in [0.717, 1.165) is 0 Å². The molecule has 0 saturated carbocycles. The zero-order chi connectivity index (χ0) is 8.27. The first kappa shape index (κ1) is 8.89. The van der Waals surface area contributed by atoms with Crippen molar-refractivity contribution < 1.29 is 0 Å². The van der Waals surface area contributed by atoms with Gasteiger partial charge in [0.1, 0.15) is 4.84 Å². The number of benzene rings is 1. The first-order valence-corrected chi connectivity index (χ1v) is 4.42. The number of halogens is 2. The van der Waals surface area contributed by atoms with E-state index in [1.807, 2.05) is 37.3 Å². The lowest BCUT2D eigenvalue weighted by Gasteiger charge is -2.11. The lowest BCUT2D eigenvalue weighted by Crippen LogP contribution is -2.01. The molecule has 0 spiro atoms. The number of hydrogen-bond acceptors (Lipinski definition) is 0. The summed E-state index contributed by atoms with van der Waals surface area (Å²) in [5.74, 6) is 0.208. The lowest BCUT2D eigenvalue weighted by atomic mass is 10.0. The Labute approximate surface area is 77.1 Å². The van der Waals surface area contributed by atoms with Gasteiger partial charge in [0.05, 0.1) is 0 Å². The normalized spacial score (nSPS) is 13.5. The second-order valence-corrected chi connectivity index (χ2v) is 3.70. The van der Waals surface area contributed by atoms with Crippen LogP contribution < -0.4 is 0 Å². The smallest absolute Gasteiger partial charge is 0.105 e. The van der Waals surface area contributed by atoms with Gasteiger partial charge in [-0.3, -0.25) is 0 Å². The molecular formula is C9H10Cl2. The fourth-order valence-corrected chi connectivity index (χ4v) is 1.19. The summed E-state index contributed by atoms with van der Waals surface area (Å²) >= 11 is 11.5. The Hall–Kier alpha value is -0.200. The van der Waals surface area contributed by atoms with Gasteiger partial charge in [-0.05, 0) is 5.56 Å². The van der Waals surface area contributed by atoms with E-state index < -0.39 is 0 Å². The molecule has 0 bridgehead atoms. The Balaban J connectivity index is 2.77. The van der Waals surface area contributed by atoms with Crippen LogP contribution in [0.4, 0.5) is 0 Å². The van der Waals surface area contributed by atoms with Crippen molar-refractivity contribution in [1.82, 2.24) is 0 Å². The van der Waals surface area contributed by atoms with Gasteiger partial charge >= 0.3 is 0 Å². The Bertz CT molecular complexity index is 206. The number of alkyl halides is 2. The molecule has 0 amide bonds. The molecule has 0 heterocycles. The van der Waals surface area contributed by atoms with Crippen LogP contribution in [0, 0.1) is 0 Å². The zero-order valence-corrected chi connectivity index (χ0v) is 7.81. The van der Waals surface area contributed by atoms with Gasteiger partial charge in [-0.15, -0.1) is 23.2 Å². The molecule has 0 saturated heterocycles. The molecule has 11 heavy (non-hydrogen) atoms. The van der Waals surface area contributed by atoms with Crippen molar-refractivity contribution in [3.05, 3.63) is 35.9 Å². The molecule has 1 aromatic rings. The van der Waals surface area contributed by atoms with Gasteiger partial charge in [0.15, 0.2) is 0 Å². The minimum absolute atomic E-state index is 0.208. The lowest BCUT2D eigenvalue weighted by molar-refractivity contribution is 0.834. The summed E-state index contributed by atoms with van der Waals surface area (Å²) in [6.45, 7) is 2.01. The molecule has 60 valence electrons. The molecule has 0 aliphatic rings. The summed E-state index contributed by atoms with van der Waals surface area (Å²) in [4.78, 5) is -0.322. The fraction of sp³-hybridized carbons (Fsp3) is 0.333. The monoisotopic (exact) mass is 188 g/mol. The van der Waals surface area contributed by atoms with Gasteiger partial charge in [0.2, 0.25) is 0 Å². The van der Waals surface area contributed by atoms with Crippen molar-refractivity contribution >= 4 is 23.2 Å². The second kappa shape index (κ2) is 3.99. The highest BCUT2D eigenvalue weighted by atomic mass is 35.5. The van der Waals surface area contributed by atoms with E-state index in [1.54, 1.807) is 0 Å². The molecule has 0 aliphatic carbocycles. The van der Waals surface area contributed by atoms with Crippen LogP contribution in [0.5, 0.6) is 0 Å². The van der Waals surface area contributed by atoms with Gasteiger partial charge in [-0.2, -0.15) is 0 Å². The van der Waals surface area contributed by atoms with Crippen LogP contribution in [-0.2, 0) is 0 Å². The van der Waals surface area contributed by atoms with E-state index in [-0.39, 0.29) is 10.8 Å². The maximum absolute atomic E-state index is 5.73. The Morgan fingerprint density at radius 1 is 1.09 bits per heavy atom. The molecule has 0 radical (unpaired) electrons. The first-order valence-electron chi connectivity index (χ1n) is 3.55. The number of rotatable bonds is 2. The third-order valence-corrected chi connectivity index (χ3v) is 2.46. The highest BCUT2D eigenvalue weighted by Gasteiger charge is 2.11. The molecule has 1 rings (SSSR count). The van der Waals surface area contributed by atoms with Crippen LogP contribution in [0.3, 0.4) is 0 Å².